The number of hydrogen-bond acceptors (Lipinski definition) is 4. The minimum Gasteiger partial charge on any atom is -0.298 e. The van der Waals surface area contributed by atoms with Gasteiger partial charge in [-0.1, -0.05) is 42.5 Å². The molecule has 0 fully saturated rings. The minimum atomic E-state index is -3.34. The average molecular weight is 430 g/mol. The molecule has 4 rings (SSSR count). The molecule has 0 aliphatic heterocycles. The molecular weight excluding hydrogens is 406 g/mol. The second kappa shape index (κ2) is 7.75. The molecule has 0 bridgehead atoms. The zero-order valence-electron chi connectivity index (χ0n) is 17.7. The molecule has 0 radical (unpaired) electrons. The SMILES string of the molecule is CC(C)(c1cc(-c2cccc(-c3cccc(C=O)c3)c2)c2ncccc2c1)S(C)(=O)=O. The van der Waals surface area contributed by atoms with Crippen LogP contribution in [0.2, 0.25) is 0 Å². The molecule has 0 spiro atoms. The summed E-state index contributed by atoms with van der Waals surface area (Å²) in [5, 5.41) is 0.889. The summed E-state index contributed by atoms with van der Waals surface area (Å²) in [4.78, 5) is 15.8. The first-order chi connectivity index (χ1) is 14.7. The first-order valence-corrected chi connectivity index (χ1v) is 11.8. The van der Waals surface area contributed by atoms with Crippen molar-refractivity contribution in [2.45, 2.75) is 18.6 Å². The van der Waals surface area contributed by atoms with E-state index in [1.807, 2.05) is 66.7 Å². The summed E-state index contributed by atoms with van der Waals surface area (Å²) < 4.78 is 23.9. The van der Waals surface area contributed by atoms with Crippen LogP contribution in [0, 0.1) is 0 Å². The van der Waals surface area contributed by atoms with Crippen LogP contribution < -0.4 is 0 Å². The molecule has 0 aliphatic rings. The Hall–Kier alpha value is -3.31. The van der Waals surface area contributed by atoms with E-state index in [1.165, 1.54) is 6.26 Å². The zero-order chi connectivity index (χ0) is 22.2. The van der Waals surface area contributed by atoms with Crippen molar-refractivity contribution in [1.29, 1.82) is 0 Å². The lowest BCUT2D eigenvalue weighted by molar-refractivity contribution is 0.112. The Bertz CT molecular complexity index is 1410. The van der Waals surface area contributed by atoms with E-state index in [4.69, 9.17) is 0 Å². The van der Waals surface area contributed by atoms with Gasteiger partial charge < -0.3 is 0 Å². The van der Waals surface area contributed by atoms with Crippen molar-refractivity contribution < 1.29 is 13.2 Å². The Kier molecular flexibility index (Phi) is 5.23. The van der Waals surface area contributed by atoms with Crippen molar-refractivity contribution in [3.05, 3.63) is 90.1 Å². The Morgan fingerprint density at radius 1 is 0.839 bits per heavy atom. The lowest BCUT2D eigenvalue weighted by Gasteiger charge is -2.24. The van der Waals surface area contributed by atoms with Crippen molar-refractivity contribution in [3.8, 4) is 22.3 Å². The molecule has 1 heterocycles. The second-order valence-electron chi connectivity index (χ2n) is 8.21. The third kappa shape index (κ3) is 3.89. The van der Waals surface area contributed by atoms with Crippen molar-refractivity contribution >= 4 is 27.0 Å². The molecule has 4 aromatic rings. The molecule has 3 aromatic carbocycles. The number of aldehydes is 1. The highest BCUT2D eigenvalue weighted by Gasteiger charge is 2.33. The molecule has 0 saturated carbocycles. The molecule has 0 atom stereocenters. The minimum absolute atomic E-state index is 0.618. The highest BCUT2D eigenvalue weighted by atomic mass is 32.2. The maximum absolute atomic E-state index is 12.5. The van der Waals surface area contributed by atoms with Crippen LogP contribution in [0.15, 0.2) is 79.0 Å². The lowest BCUT2D eigenvalue weighted by atomic mass is 9.92. The molecule has 1 aromatic heterocycles. The first kappa shape index (κ1) is 20.9. The molecule has 0 aliphatic carbocycles. The largest absolute Gasteiger partial charge is 0.298 e. The van der Waals surface area contributed by atoms with Gasteiger partial charge in [0.1, 0.15) is 6.29 Å². The van der Waals surface area contributed by atoms with Gasteiger partial charge >= 0.3 is 0 Å². The molecule has 0 saturated heterocycles. The van der Waals surface area contributed by atoms with Gasteiger partial charge in [-0.3, -0.25) is 9.78 Å². The third-order valence-electron chi connectivity index (χ3n) is 5.86. The number of aromatic nitrogens is 1. The fraction of sp³-hybridized carbons (Fsp3) is 0.154. The summed E-state index contributed by atoms with van der Waals surface area (Å²) in [5.41, 5.74) is 5.87. The summed E-state index contributed by atoms with van der Waals surface area (Å²) in [6.07, 6.45) is 3.84. The number of pyridine rings is 1. The number of hydrogen-bond donors (Lipinski definition) is 0. The maximum Gasteiger partial charge on any atom is 0.156 e. The van der Waals surface area contributed by atoms with Gasteiger partial charge in [-0.2, -0.15) is 0 Å². The van der Waals surface area contributed by atoms with Gasteiger partial charge in [-0.25, -0.2) is 8.42 Å². The Labute approximate surface area is 182 Å². The van der Waals surface area contributed by atoms with E-state index in [-0.39, 0.29) is 0 Å². The lowest BCUT2D eigenvalue weighted by Crippen LogP contribution is -2.28. The van der Waals surface area contributed by atoms with Crippen LogP contribution in [-0.2, 0) is 14.6 Å². The maximum atomic E-state index is 12.5. The molecule has 0 amide bonds. The highest BCUT2D eigenvalue weighted by molar-refractivity contribution is 7.91. The van der Waals surface area contributed by atoms with Crippen LogP contribution in [-0.4, -0.2) is 25.9 Å². The van der Waals surface area contributed by atoms with Crippen LogP contribution >= 0.6 is 0 Å². The predicted molar refractivity (Wildman–Crippen MR) is 126 cm³/mol. The van der Waals surface area contributed by atoms with E-state index in [0.717, 1.165) is 45.0 Å². The number of benzene rings is 3. The van der Waals surface area contributed by atoms with E-state index >= 15 is 0 Å². The number of fused-ring (bicyclic) bond motifs is 1. The van der Waals surface area contributed by atoms with Crippen molar-refractivity contribution in [3.63, 3.8) is 0 Å². The van der Waals surface area contributed by atoms with Crippen LogP contribution in [0.4, 0.5) is 0 Å². The molecule has 0 N–H and O–H groups in total. The molecule has 5 heteroatoms. The van der Waals surface area contributed by atoms with Crippen LogP contribution in [0.25, 0.3) is 33.2 Å². The smallest absolute Gasteiger partial charge is 0.156 e. The summed E-state index contributed by atoms with van der Waals surface area (Å²) in [5.74, 6) is 0. The standard InChI is InChI=1S/C26H23NO3S/c1-26(2,31(3,29)30)23-15-22-11-6-12-27-25(22)24(16-23)21-10-5-9-20(14-21)19-8-4-7-18(13-19)17-28/h4-17H,1-3H3. The van der Waals surface area contributed by atoms with E-state index in [9.17, 15) is 13.2 Å². The summed E-state index contributed by atoms with van der Waals surface area (Å²) in [7, 11) is -3.34. The van der Waals surface area contributed by atoms with Gasteiger partial charge in [0, 0.05) is 29.0 Å². The van der Waals surface area contributed by atoms with Crippen molar-refractivity contribution in [1.82, 2.24) is 4.98 Å². The zero-order valence-corrected chi connectivity index (χ0v) is 18.5. The van der Waals surface area contributed by atoms with Gasteiger partial charge in [-0.05, 0) is 66.4 Å². The van der Waals surface area contributed by atoms with E-state index in [0.29, 0.717) is 5.56 Å². The topological polar surface area (TPSA) is 64.1 Å². The van der Waals surface area contributed by atoms with Crippen LogP contribution in [0.1, 0.15) is 29.8 Å². The van der Waals surface area contributed by atoms with E-state index in [2.05, 4.69) is 4.98 Å². The monoisotopic (exact) mass is 429 g/mol. The number of carbonyl (C=O) groups is 1. The quantitative estimate of drug-likeness (QED) is 0.384. The average Bonchev–Trinajstić information content (AvgIpc) is 2.77. The highest BCUT2D eigenvalue weighted by Crippen LogP contribution is 2.37. The fourth-order valence-electron chi connectivity index (χ4n) is 3.63. The fourth-order valence-corrected chi connectivity index (χ4v) is 4.18. The van der Waals surface area contributed by atoms with Gasteiger partial charge in [0.05, 0.1) is 10.3 Å². The number of nitrogens with zero attached hydrogens (tertiary/aromatic N) is 1. The van der Waals surface area contributed by atoms with E-state index < -0.39 is 14.6 Å². The molecule has 156 valence electrons. The van der Waals surface area contributed by atoms with Gasteiger partial charge in [0.15, 0.2) is 9.84 Å². The number of sulfone groups is 1. The first-order valence-electron chi connectivity index (χ1n) is 9.95. The normalized spacial score (nSPS) is 12.1. The van der Waals surface area contributed by atoms with Crippen molar-refractivity contribution in [2.24, 2.45) is 0 Å². The van der Waals surface area contributed by atoms with E-state index in [1.54, 1.807) is 26.1 Å². The predicted octanol–water partition coefficient (Wildman–Crippen LogP) is 5.66. The van der Waals surface area contributed by atoms with Crippen LogP contribution in [0.3, 0.4) is 0 Å². The van der Waals surface area contributed by atoms with Gasteiger partial charge in [-0.15, -0.1) is 0 Å². The molecular formula is C26H23NO3S. The van der Waals surface area contributed by atoms with Gasteiger partial charge in [0.25, 0.3) is 0 Å². The Morgan fingerprint density at radius 2 is 1.52 bits per heavy atom. The Balaban J connectivity index is 1.95. The third-order valence-corrected chi connectivity index (χ3v) is 7.95. The summed E-state index contributed by atoms with van der Waals surface area (Å²) in [6.45, 7) is 3.45. The molecule has 31 heavy (non-hydrogen) atoms. The van der Waals surface area contributed by atoms with Crippen LogP contribution in [0.5, 0.6) is 0 Å². The number of carbonyl (C=O) groups excluding carboxylic acids is 1. The number of rotatable bonds is 5. The molecule has 0 unspecified atom stereocenters. The second-order valence-corrected chi connectivity index (χ2v) is 10.8. The molecule has 4 nitrogen and oxygen atoms in total. The van der Waals surface area contributed by atoms with Gasteiger partial charge in [0.2, 0.25) is 0 Å². The Morgan fingerprint density at radius 3 is 2.23 bits per heavy atom. The summed E-state index contributed by atoms with van der Waals surface area (Å²) >= 11 is 0. The summed E-state index contributed by atoms with van der Waals surface area (Å²) in [6, 6.07) is 23.1. The van der Waals surface area contributed by atoms with Crippen molar-refractivity contribution in [2.75, 3.05) is 6.26 Å².